The van der Waals surface area contributed by atoms with Gasteiger partial charge in [0.15, 0.2) is 5.78 Å². The number of aromatic amines is 1. The summed E-state index contributed by atoms with van der Waals surface area (Å²) in [6.45, 7) is 5.88. The van der Waals surface area contributed by atoms with Crippen molar-refractivity contribution < 1.29 is 14.3 Å². The van der Waals surface area contributed by atoms with Crippen molar-refractivity contribution in [1.29, 1.82) is 0 Å². The fraction of sp³-hybridized carbons (Fsp3) is 0.391. The molecule has 8 nitrogen and oxygen atoms in total. The fourth-order valence-electron chi connectivity index (χ4n) is 4.11. The molecule has 3 aromatic rings. The van der Waals surface area contributed by atoms with Crippen molar-refractivity contribution in [3.8, 4) is 0 Å². The Labute approximate surface area is 180 Å². The van der Waals surface area contributed by atoms with Gasteiger partial charge < -0.3 is 20.4 Å². The van der Waals surface area contributed by atoms with Crippen LogP contribution in [0.15, 0.2) is 36.8 Å². The van der Waals surface area contributed by atoms with E-state index in [0.29, 0.717) is 34.6 Å². The zero-order valence-corrected chi connectivity index (χ0v) is 17.9. The van der Waals surface area contributed by atoms with E-state index in [1.807, 2.05) is 38.1 Å². The Hall–Kier alpha value is -3.26. The third-order valence-corrected chi connectivity index (χ3v) is 5.74. The van der Waals surface area contributed by atoms with Gasteiger partial charge in [-0.3, -0.25) is 9.59 Å². The number of carbonyl (C=O) groups is 2. The molecule has 1 amide bonds. The number of carbonyl (C=O) groups excluding carboxylic acids is 2. The Bertz CT molecular complexity index is 1100. The van der Waals surface area contributed by atoms with Crippen LogP contribution in [0.1, 0.15) is 48.2 Å². The van der Waals surface area contributed by atoms with Crippen LogP contribution >= 0.6 is 0 Å². The number of hydrogen-bond donors (Lipinski definition) is 3. The third kappa shape index (κ3) is 4.44. The lowest BCUT2D eigenvalue weighted by molar-refractivity contribution is -0.121. The van der Waals surface area contributed by atoms with E-state index in [4.69, 9.17) is 4.74 Å². The lowest BCUT2D eigenvalue weighted by atomic mass is 9.98. The molecule has 3 heterocycles. The van der Waals surface area contributed by atoms with Gasteiger partial charge in [0.05, 0.1) is 35.7 Å². The molecular formula is C23H27N5O3. The number of ketones is 1. The lowest BCUT2D eigenvalue weighted by Crippen LogP contribution is -2.46. The van der Waals surface area contributed by atoms with E-state index in [1.165, 1.54) is 13.3 Å². The summed E-state index contributed by atoms with van der Waals surface area (Å²) >= 11 is 0. The Morgan fingerprint density at radius 2 is 2.00 bits per heavy atom. The minimum absolute atomic E-state index is 0.0159. The highest BCUT2D eigenvalue weighted by Crippen LogP contribution is 2.28. The number of rotatable bonds is 6. The number of benzene rings is 1. The molecule has 1 aliphatic rings. The number of aryl methyl sites for hydroxylation is 1. The molecular weight excluding hydrogens is 394 g/mol. The van der Waals surface area contributed by atoms with Gasteiger partial charge >= 0.3 is 0 Å². The number of anilines is 1. The van der Waals surface area contributed by atoms with Crippen LogP contribution in [0.5, 0.6) is 0 Å². The Kier molecular flexibility index (Phi) is 5.99. The summed E-state index contributed by atoms with van der Waals surface area (Å²) in [6.07, 6.45) is 4.84. The van der Waals surface area contributed by atoms with Gasteiger partial charge in [0, 0.05) is 18.7 Å². The quantitative estimate of drug-likeness (QED) is 0.528. The first kappa shape index (κ1) is 21.0. The molecule has 0 aliphatic carbocycles. The Morgan fingerprint density at radius 3 is 2.71 bits per heavy atom. The van der Waals surface area contributed by atoms with Crippen LogP contribution < -0.4 is 10.6 Å². The van der Waals surface area contributed by atoms with Crippen LogP contribution in [-0.2, 0) is 9.53 Å². The van der Waals surface area contributed by atoms with E-state index in [-0.39, 0.29) is 29.9 Å². The van der Waals surface area contributed by atoms with Gasteiger partial charge in [0.2, 0.25) is 5.91 Å². The number of H-pyrrole nitrogens is 1. The van der Waals surface area contributed by atoms with Crippen molar-refractivity contribution >= 4 is 28.5 Å². The number of hydrogen-bond acceptors (Lipinski definition) is 6. The molecule has 162 valence electrons. The molecule has 3 atom stereocenters. The minimum Gasteiger partial charge on any atom is -0.374 e. The van der Waals surface area contributed by atoms with E-state index < -0.39 is 0 Å². The van der Waals surface area contributed by atoms with Gasteiger partial charge in [-0.2, -0.15) is 0 Å². The lowest BCUT2D eigenvalue weighted by Gasteiger charge is -2.33. The van der Waals surface area contributed by atoms with Crippen molar-refractivity contribution in [2.75, 3.05) is 11.9 Å². The zero-order chi connectivity index (χ0) is 22.0. The first-order chi connectivity index (χ1) is 14.9. The van der Waals surface area contributed by atoms with E-state index >= 15 is 0 Å². The third-order valence-electron chi connectivity index (χ3n) is 5.74. The Balaban J connectivity index is 1.53. The number of fused-ring (bicyclic) bond motifs is 1. The largest absolute Gasteiger partial charge is 0.374 e. The topological polar surface area (TPSA) is 109 Å². The average Bonchev–Trinajstić information content (AvgIpc) is 3.19. The van der Waals surface area contributed by atoms with Crippen molar-refractivity contribution in [1.82, 2.24) is 20.3 Å². The van der Waals surface area contributed by atoms with Crippen LogP contribution in [0.2, 0.25) is 0 Å². The van der Waals surface area contributed by atoms with Gasteiger partial charge in [0.25, 0.3) is 0 Å². The summed E-state index contributed by atoms with van der Waals surface area (Å²) in [6, 6.07) is 7.56. The van der Waals surface area contributed by atoms with Crippen molar-refractivity contribution in [3.05, 3.63) is 53.5 Å². The number of aromatic nitrogens is 3. The maximum Gasteiger partial charge on any atom is 0.217 e. The van der Waals surface area contributed by atoms with Crippen LogP contribution in [0.4, 0.5) is 5.82 Å². The molecule has 8 heteroatoms. The predicted molar refractivity (Wildman–Crippen MR) is 118 cm³/mol. The molecule has 1 unspecified atom stereocenters. The van der Waals surface area contributed by atoms with E-state index in [2.05, 4.69) is 25.6 Å². The second-order valence-corrected chi connectivity index (χ2v) is 8.07. The summed E-state index contributed by atoms with van der Waals surface area (Å²) < 4.78 is 5.99. The molecule has 4 rings (SSSR count). The number of amides is 1. The molecule has 0 radical (unpaired) electrons. The molecule has 31 heavy (non-hydrogen) atoms. The van der Waals surface area contributed by atoms with Crippen molar-refractivity contribution in [2.24, 2.45) is 0 Å². The van der Waals surface area contributed by atoms with Crippen LogP contribution in [0.3, 0.4) is 0 Å². The summed E-state index contributed by atoms with van der Waals surface area (Å²) in [5, 5.41) is 7.01. The maximum absolute atomic E-state index is 13.2. The first-order valence-electron chi connectivity index (χ1n) is 10.5. The van der Waals surface area contributed by atoms with E-state index in [9.17, 15) is 9.59 Å². The molecule has 1 aliphatic heterocycles. The number of nitrogens with one attached hydrogen (secondary N) is 3. The number of ether oxygens (including phenoxy) is 1. The first-order valence-corrected chi connectivity index (χ1v) is 10.5. The summed E-state index contributed by atoms with van der Waals surface area (Å²) in [4.78, 5) is 36.3. The SMILES string of the molecule is CC(=O)NC(C)[C@@H]1CC[C@@H](Nc2ncnc3[nH]cc(C(=O)c4ccccc4C)c23)CO1. The molecule has 1 aromatic carbocycles. The normalized spacial score (nSPS) is 19.7. The summed E-state index contributed by atoms with van der Waals surface area (Å²) in [5.41, 5.74) is 2.74. The van der Waals surface area contributed by atoms with E-state index in [1.54, 1.807) is 6.20 Å². The highest BCUT2D eigenvalue weighted by atomic mass is 16.5. The standard InChI is InChI=1S/C23H27N5O3/c1-13-6-4-5-7-17(13)21(30)18-10-24-22-20(18)23(26-12-25-22)28-16-8-9-19(31-11-16)14(2)27-15(3)29/h4-7,10,12,14,16,19H,8-9,11H2,1-3H3,(H,27,29)(H2,24,25,26,28)/t14?,16-,19+/m1/s1. The van der Waals surface area contributed by atoms with Crippen LogP contribution in [0, 0.1) is 6.92 Å². The Morgan fingerprint density at radius 1 is 1.19 bits per heavy atom. The zero-order valence-electron chi connectivity index (χ0n) is 17.9. The van der Waals surface area contributed by atoms with E-state index in [0.717, 1.165) is 18.4 Å². The van der Waals surface area contributed by atoms with Crippen LogP contribution in [0.25, 0.3) is 11.0 Å². The minimum atomic E-state index is -0.0636. The van der Waals surface area contributed by atoms with Gasteiger partial charge in [-0.05, 0) is 32.3 Å². The second-order valence-electron chi connectivity index (χ2n) is 8.07. The fourth-order valence-corrected chi connectivity index (χ4v) is 4.11. The van der Waals surface area contributed by atoms with Crippen molar-refractivity contribution in [2.45, 2.75) is 51.8 Å². The monoisotopic (exact) mass is 421 g/mol. The van der Waals surface area contributed by atoms with Crippen molar-refractivity contribution in [3.63, 3.8) is 0 Å². The van der Waals surface area contributed by atoms with Gasteiger partial charge in [-0.1, -0.05) is 24.3 Å². The summed E-state index contributed by atoms with van der Waals surface area (Å²) in [7, 11) is 0. The maximum atomic E-state index is 13.2. The van der Waals surface area contributed by atoms with Crippen LogP contribution in [-0.4, -0.2) is 51.4 Å². The molecule has 1 saturated heterocycles. The molecule has 0 saturated carbocycles. The van der Waals surface area contributed by atoms with Gasteiger partial charge in [-0.15, -0.1) is 0 Å². The molecule has 3 N–H and O–H groups in total. The number of nitrogens with zero attached hydrogens (tertiary/aromatic N) is 2. The highest BCUT2D eigenvalue weighted by molar-refractivity contribution is 6.18. The molecule has 0 spiro atoms. The van der Waals surface area contributed by atoms with Gasteiger partial charge in [-0.25, -0.2) is 9.97 Å². The highest BCUT2D eigenvalue weighted by Gasteiger charge is 2.28. The predicted octanol–water partition coefficient (Wildman–Crippen LogP) is 2.98. The average molecular weight is 422 g/mol. The van der Waals surface area contributed by atoms with Gasteiger partial charge in [0.1, 0.15) is 17.8 Å². The molecule has 0 bridgehead atoms. The summed E-state index contributed by atoms with van der Waals surface area (Å²) in [5.74, 6) is 0.495. The molecule has 1 fully saturated rings. The smallest absolute Gasteiger partial charge is 0.217 e. The second kappa shape index (κ2) is 8.85. The molecule has 2 aromatic heterocycles.